The standard InChI is InChI=1S/C14H19NO4S/c16-12(15-9-5-6-20-14(9)19)10-7-1-3-8(4-2-7)11(10)13(17)18/h7-11H,1-6H2,(H,15,16)(H,17,18)/t7?,8?,9-,10-,11-/m1/s1. The van der Waals surface area contributed by atoms with Crippen LogP contribution in [-0.2, 0) is 14.4 Å². The van der Waals surface area contributed by atoms with E-state index in [1.54, 1.807) is 0 Å². The molecular formula is C14H19NO4S. The molecule has 0 aromatic rings. The molecule has 20 heavy (non-hydrogen) atoms. The SMILES string of the molecule is O=C(O)[C@@H]1C2CCC(CC2)[C@H]1C(=O)N[C@@H]1CCSC1=O. The first-order chi connectivity index (χ1) is 9.58. The van der Waals surface area contributed by atoms with Crippen LogP contribution in [0.2, 0.25) is 0 Å². The third kappa shape index (κ3) is 2.34. The number of aliphatic carboxylic acids is 1. The highest BCUT2D eigenvalue weighted by atomic mass is 32.2. The molecule has 4 rings (SSSR count). The fourth-order valence-corrected chi connectivity index (χ4v) is 5.01. The lowest BCUT2D eigenvalue weighted by Crippen LogP contribution is -2.53. The van der Waals surface area contributed by atoms with Gasteiger partial charge in [-0.1, -0.05) is 11.8 Å². The zero-order valence-corrected chi connectivity index (χ0v) is 12.0. The highest BCUT2D eigenvalue weighted by Gasteiger charge is 2.50. The summed E-state index contributed by atoms with van der Waals surface area (Å²) in [6.07, 6.45) is 4.39. The zero-order chi connectivity index (χ0) is 14.3. The van der Waals surface area contributed by atoms with Crippen LogP contribution >= 0.6 is 11.8 Å². The summed E-state index contributed by atoms with van der Waals surface area (Å²) in [5.74, 6) is -1.04. The summed E-state index contributed by atoms with van der Waals surface area (Å²) in [6, 6.07) is -0.414. The minimum absolute atomic E-state index is 0.00574. The van der Waals surface area contributed by atoms with Gasteiger partial charge in [0.2, 0.25) is 11.0 Å². The van der Waals surface area contributed by atoms with E-state index >= 15 is 0 Å². The molecule has 3 aliphatic carbocycles. The Bertz CT molecular complexity index is 444. The number of thioether (sulfide) groups is 1. The molecule has 2 N–H and O–H groups in total. The molecule has 1 saturated heterocycles. The number of carbonyl (C=O) groups excluding carboxylic acids is 2. The third-order valence-electron chi connectivity index (χ3n) is 5.06. The molecule has 1 heterocycles. The Labute approximate surface area is 121 Å². The molecule has 0 unspecified atom stereocenters. The maximum absolute atomic E-state index is 12.5. The summed E-state index contributed by atoms with van der Waals surface area (Å²) >= 11 is 1.25. The van der Waals surface area contributed by atoms with Gasteiger partial charge in [-0.25, -0.2) is 0 Å². The molecule has 1 amide bonds. The van der Waals surface area contributed by atoms with Crippen LogP contribution in [0.15, 0.2) is 0 Å². The van der Waals surface area contributed by atoms with Crippen molar-refractivity contribution in [2.24, 2.45) is 23.7 Å². The van der Waals surface area contributed by atoms with Crippen LogP contribution in [-0.4, -0.2) is 33.9 Å². The van der Waals surface area contributed by atoms with Crippen molar-refractivity contribution in [2.75, 3.05) is 5.75 Å². The maximum atomic E-state index is 12.5. The molecule has 0 spiro atoms. The van der Waals surface area contributed by atoms with Gasteiger partial charge in [-0.05, 0) is 43.9 Å². The second-order valence-electron chi connectivity index (χ2n) is 6.08. The van der Waals surface area contributed by atoms with Gasteiger partial charge in [0.25, 0.3) is 0 Å². The lowest BCUT2D eigenvalue weighted by molar-refractivity contribution is -0.158. The number of hydrogen-bond donors (Lipinski definition) is 2. The summed E-state index contributed by atoms with van der Waals surface area (Å²) in [6.45, 7) is 0. The third-order valence-corrected chi connectivity index (χ3v) is 6.07. The Morgan fingerprint density at radius 2 is 1.65 bits per heavy atom. The van der Waals surface area contributed by atoms with Crippen LogP contribution < -0.4 is 5.32 Å². The normalized spacial score (nSPS) is 39.8. The Hall–Kier alpha value is -1.04. The highest BCUT2D eigenvalue weighted by molar-refractivity contribution is 8.14. The largest absolute Gasteiger partial charge is 0.481 e. The number of carboxylic acids is 1. The van der Waals surface area contributed by atoms with Crippen molar-refractivity contribution >= 4 is 28.8 Å². The topological polar surface area (TPSA) is 83.5 Å². The fraction of sp³-hybridized carbons (Fsp3) is 0.786. The molecule has 0 aromatic carbocycles. The lowest BCUT2D eigenvalue weighted by Gasteiger charge is -2.46. The first-order valence-corrected chi connectivity index (χ1v) is 8.26. The van der Waals surface area contributed by atoms with Crippen molar-refractivity contribution in [3.63, 3.8) is 0 Å². The molecular weight excluding hydrogens is 278 g/mol. The zero-order valence-electron chi connectivity index (χ0n) is 11.2. The van der Waals surface area contributed by atoms with Gasteiger partial charge < -0.3 is 10.4 Å². The number of carbonyl (C=O) groups is 3. The smallest absolute Gasteiger partial charge is 0.307 e. The Morgan fingerprint density at radius 1 is 1.05 bits per heavy atom. The highest BCUT2D eigenvalue weighted by Crippen LogP contribution is 2.49. The fourth-order valence-electron chi connectivity index (χ4n) is 4.08. The minimum atomic E-state index is -0.855. The molecule has 3 saturated carbocycles. The van der Waals surface area contributed by atoms with Gasteiger partial charge in [0.15, 0.2) is 0 Å². The van der Waals surface area contributed by atoms with Crippen LogP contribution in [0.1, 0.15) is 32.1 Å². The first-order valence-electron chi connectivity index (χ1n) is 7.27. The van der Waals surface area contributed by atoms with Crippen molar-refractivity contribution in [3.8, 4) is 0 Å². The Kier molecular flexibility index (Phi) is 3.75. The summed E-state index contributed by atoms with van der Waals surface area (Å²) in [4.78, 5) is 35.6. The number of fused-ring (bicyclic) bond motifs is 3. The van der Waals surface area contributed by atoms with E-state index in [1.807, 2.05) is 0 Å². The van der Waals surface area contributed by atoms with Crippen molar-refractivity contribution in [2.45, 2.75) is 38.1 Å². The predicted octanol–water partition coefficient (Wildman–Crippen LogP) is 1.27. The van der Waals surface area contributed by atoms with Crippen molar-refractivity contribution in [1.29, 1.82) is 0 Å². The van der Waals surface area contributed by atoms with Gasteiger partial charge in [0.1, 0.15) is 0 Å². The van der Waals surface area contributed by atoms with Gasteiger partial charge >= 0.3 is 5.97 Å². The summed E-state index contributed by atoms with van der Waals surface area (Å²) in [7, 11) is 0. The average Bonchev–Trinajstić information content (AvgIpc) is 2.84. The van der Waals surface area contributed by atoms with Gasteiger partial charge in [-0.3, -0.25) is 14.4 Å². The number of carboxylic acid groups (broad SMARTS) is 1. The molecule has 3 atom stereocenters. The van der Waals surface area contributed by atoms with Crippen LogP contribution in [0.3, 0.4) is 0 Å². The molecule has 110 valence electrons. The van der Waals surface area contributed by atoms with Gasteiger partial charge in [0.05, 0.1) is 17.9 Å². The monoisotopic (exact) mass is 297 g/mol. The van der Waals surface area contributed by atoms with Gasteiger partial charge in [-0.15, -0.1) is 0 Å². The van der Waals surface area contributed by atoms with E-state index < -0.39 is 23.8 Å². The van der Waals surface area contributed by atoms with Gasteiger partial charge in [0, 0.05) is 5.75 Å². The molecule has 0 radical (unpaired) electrons. The first kappa shape index (κ1) is 13.9. The summed E-state index contributed by atoms with van der Waals surface area (Å²) in [5.41, 5.74) is 0. The van der Waals surface area contributed by atoms with Crippen LogP contribution in [0.5, 0.6) is 0 Å². The number of nitrogens with one attached hydrogen (secondary N) is 1. The molecule has 4 aliphatic rings. The summed E-state index contributed by atoms with van der Waals surface area (Å²) in [5, 5.41) is 12.2. The number of rotatable bonds is 3. The quantitative estimate of drug-likeness (QED) is 0.819. The molecule has 5 nitrogen and oxygen atoms in total. The average molecular weight is 297 g/mol. The minimum Gasteiger partial charge on any atom is -0.481 e. The second-order valence-corrected chi connectivity index (χ2v) is 7.18. The Balaban J connectivity index is 1.74. The predicted molar refractivity (Wildman–Crippen MR) is 74.1 cm³/mol. The Morgan fingerprint density at radius 3 is 2.15 bits per heavy atom. The molecule has 1 aliphatic heterocycles. The van der Waals surface area contributed by atoms with Crippen molar-refractivity contribution < 1.29 is 19.5 Å². The molecule has 0 aromatic heterocycles. The van der Waals surface area contributed by atoms with E-state index in [1.165, 1.54) is 11.8 Å². The molecule has 4 fully saturated rings. The van der Waals surface area contributed by atoms with E-state index in [0.29, 0.717) is 6.42 Å². The van der Waals surface area contributed by atoms with Crippen molar-refractivity contribution in [1.82, 2.24) is 5.32 Å². The second kappa shape index (κ2) is 5.39. The van der Waals surface area contributed by atoms with E-state index in [-0.39, 0.29) is 22.9 Å². The maximum Gasteiger partial charge on any atom is 0.307 e. The van der Waals surface area contributed by atoms with E-state index in [4.69, 9.17) is 0 Å². The molecule has 2 bridgehead atoms. The van der Waals surface area contributed by atoms with E-state index in [9.17, 15) is 19.5 Å². The number of amides is 1. The van der Waals surface area contributed by atoms with Crippen molar-refractivity contribution in [3.05, 3.63) is 0 Å². The lowest BCUT2D eigenvalue weighted by atomic mass is 9.58. The van der Waals surface area contributed by atoms with E-state index in [2.05, 4.69) is 5.32 Å². The van der Waals surface area contributed by atoms with Crippen LogP contribution in [0.4, 0.5) is 0 Å². The van der Waals surface area contributed by atoms with Gasteiger partial charge in [-0.2, -0.15) is 0 Å². The number of hydrogen-bond acceptors (Lipinski definition) is 4. The summed E-state index contributed by atoms with van der Waals surface area (Å²) < 4.78 is 0. The molecule has 6 heteroatoms. The van der Waals surface area contributed by atoms with Crippen LogP contribution in [0, 0.1) is 23.7 Å². The van der Waals surface area contributed by atoms with Crippen LogP contribution in [0.25, 0.3) is 0 Å². The van der Waals surface area contributed by atoms with E-state index in [0.717, 1.165) is 31.4 Å².